The minimum absolute atomic E-state index is 0.0266. The quantitative estimate of drug-likeness (QED) is 0.216. The predicted octanol–water partition coefficient (Wildman–Crippen LogP) is 5.13. The Morgan fingerprint density at radius 1 is 0.906 bits per heavy atom. The zero-order valence-corrected chi connectivity index (χ0v) is 39.5. The minimum atomic E-state index is -1.84. The summed E-state index contributed by atoms with van der Waals surface area (Å²) < 4.78 is 64.2. The Bertz CT molecular complexity index is 1830. The van der Waals surface area contributed by atoms with Gasteiger partial charge in [-0.1, -0.05) is 64.2 Å². The number of ether oxygens (including phenoxy) is 10. The van der Waals surface area contributed by atoms with E-state index in [-0.39, 0.29) is 61.0 Å². The maximum atomic E-state index is 14.3. The Hall–Kier alpha value is -2.80. The van der Waals surface area contributed by atoms with E-state index in [1.807, 2.05) is 39.0 Å². The Kier molecular flexibility index (Phi) is 15.5. The first-order valence-electron chi connectivity index (χ1n) is 23.3. The van der Waals surface area contributed by atoms with Crippen LogP contribution >= 0.6 is 0 Å². The van der Waals surface area contributed by atoms with E-state index in [9.17, 15) is 19.8 Å². The number of allylic oxidation sites excluding steroid dienone is 2. The smallest absolute Gasteiger partial charge is 0.316 e. The van der Waals surface area contributed by atoms with Gasteiger partial charge in [-0.3, -0.25) is 9.59 Å². The molecule has 0 aromatic heterocycles. The molecular weight excluding hydrogens is 827 g/mol. The fraction of sp³-hybridized carbons (Fsp3) is 0.755. The zero-order chi connectivity index (χ0) is 46.2. The second kappa shape index (κ2) is 20.2. The Morgan fingerprint density at radius 3 is 2.31 bits per heavy atom. The average molecular weight is 900 g/mol. The molecule has 4 saturated heterocycles. The molecule has 7 rings (SSSR count). The van der Waals surface area contributed by atoms with Gasteiger partial charge in [-0.15, -0.1) is 0 Å². The molecule has 4 fully saturated rings. The summed E-state index contributed by atoms with van der Waals surface area (Å²) in [7, 11) is 3.27. The van der Waals surface area contributed by atoms with Crippen LogP contribution in [-0.2, 0) is 57.0 Å². The first kappa shape index (κ1) is 49.1. The van der Waals surface area contributed by atoms with Crippen molar-refractivity contribution in [3.63, 3.8) is 0 Å². The molecule has 6 aliphatic heterocycles. The Labute approximate surface area is 378 Å². The van der Waals surface area contributed by atoms with Gasteiger partial charge in [0.15, 0.2) is 18.4 Å². The van der Waals surface area contributed by atoms with Gasteiger partial charge in [0.1, 0.15) is 35.9 Å². The molecule has 1 amide bonds. The number of amides is 1. The van der Waals surface area contributed by atoms with Gasteiger partial charge in [-0.05, 0) is 62.8 Å². The van der Waals surface area contributed by atoms with Gasteiger partial charge in [0.2, 0.25) is 5.91 Å². The predicted molar refractivity (Wildman–Crippen MR) is 234 cm³/mol. The SMILES string of the molecule is CO[C@H]1C[C@H](O[C@H]2[C@H](C)O[C@@H](O[C@@H]3/C(C)=C/C[C@@H]4C[C@@H](C[C@]5(C=C[C@H](C)[C@@H](C(C)C)O5)O4)OC(=O)[C@@H]4C=C(C)[C@@H](O)[C@H]5OC/C(=C\C=C\[C@@H]3C)[C@]54O)C[C@@H]2OC)O[C@@H](C)[C@@H]1NC(C)=O. The maximum Gasteiger partial charge on any atom is 0.316 e. The van der Waals surface area contributed by atoms with Crippen molar-refractivity contribution >= 4 is 11.9 Å². The summed E-state index contributed by atoms with van der Waals surface area (Å²) in [4.78, 5) is 26.2. The molecule has 2 bridgehead atoms. The van der Waals surface area contributed by atoms with Crippen molar-refractivity contribution in [1.29, 1.82) is 0 Å². The van der Waals surface area contributed by atoms with Crippen molar-refractivity contribution < 1.29 is 67.2 Å². The number of nitrogens with one attached hydrogen (secondary N) is 1. The number of esters is 1. The van der Waals surface area contributed by atoms with Gasteiger partial charge in [-0.25, -0.2) is 0 Å². The van der Waals surface area contributed by atoms with Gasteiger partial charge in [-0.2, -0.15) is 0 Å². The van der Waals surface area contributed by atoms with E-state index >= 15 is 0 Å². The van der Waals surface area contributed by atoms with Crippen molar-refractivity contribution in [1.82, 2.24) is 5.32 Å². The summed E-state index contributed by atoms with van der Waals surface area (Å²) in [5.74, 6) is -2.81. The molecule has 0 saturated carbocycles. The van der Waals surface area contributed by atoms with E-state index in [2.05, 4.69) is 45.2 Å². The standard InChI is InChI=1S/C49H73NO14/c1-25(2)43-28(5)17-18-48(64-43)23-35-20-34(63-48)16-15-27(4)44(26(3)13-12-14-33-24-57-46-42(52)29(6)19-36(47(53)60-35)49(33,46)54)61-40-22-38(56-11)45(31(8)59-40)62-39-21-37(55-10)41(30(7)58-39)50-32(9)51/h12-15,17-19,25-26,28,30-31,34-46,52,54H,16,20-24H2,1-11H3,(H,50,51)/b13-12+,27-15+,33-14+/t26-,28-,30-,31-,34+,35-,36-,37-,38-,39-,40-,41-,42+,43+,44-,45-,46+,48+,49+/m0/s1. The number of carbonyl (C=O) groups is 2. The maximum absolute atomic E-state index is 14.3. The van der Waals surface area contributed by atoms with E-state index in [4.69, 9.17) is 47.4 Å². The van der Waals surface area contributed by atoms with Gasteiger partial charge in [0.25, 0.3) is 0 Å². The zero-order valence-electron chi connectivity index (χ0n) is 39.5. The second-order valence-corrected chi connectivity index (χ2v) is 19.5. The van der Waals surface area contributed by atoms with Crippen LogP contribution in [0.1, 0.15) is 94.4 Å². The third kappa shape index (κ3) is 10.2. The highest BCUT2D eigenvalue weighted by atomic mass is 16.7. The van der Waals surface area contributed by atoms with Crippen molar-refractivity contribution in [2.24, 2.45) is 23.7 Å². The molecular formula is C49H73NO14. The monoisotopic (exact) mass is 900 g/mol. The molecule has 1 aliphatic carbocycles. The summed E-state index contributed by atoms with van der Waals surface area (Å²) in [5.41, 5.74) is 0.112. The Morgan fingerprint density at radius 2 is 1.61 bits per heavy atom. The lowest BCUT2D eigenvalue weighted by atomic mass is 9.71. The Balaban J connectivity index is 1.16. The fourth-order valence-corrected chi connectivity index (χ4v) is 10.9. The van der Waals surface area contributed by atoms with Crippen LogP contribution in [0.3, 0.4) is 0 Å². The summed E-state index contributed by atoms with van der Waals surface area (Å²) in [5, 5.41) is 26.7. The number of carbonyl (C=O) groups excluding carboxylic acids is 2. The van der Waals surface area contributed by atoms with Crippen molar-refractivity contribution in [2.75, 3.05) is 20.8 Å². The number of methoxy groups -OCH3 is 2. The van der Waals surface area contributed by atoms with Crippen molar-refractivity contribution in [3.05, 3.63) is 59.3 Å². The van der Waals surface area contributed by atoms with E-state index in [0.29, 0.717) is 36.8 Å². The third-order valence-corrected chi connectivity index (χ3v) is 14.4. The lowest BCUT2D eigenvalue weighted by molar-refractivity contribution is -0.311. The molecule has 15 nitrogen and oxygen atoms in total. The van der Waals surface area contributed by atoms with Crippen LogP contribution in [0.15, 0.2) is 59.3 Å². The molecule has 0 aromatic rings. The average Bonchev–Trinajstić information content (AvgIpc) is 3.58. The van der Waals surface area contributed by atoms with Crippen molar-refractivity contribution in [3.8, 4) is 0 Å². The van der Waals surface area contributed by atoms with Crippen LogP contribution in [0.5, 0.6) is 0 Å². The van der Waals surface area contributed by atoms with Gasteiger partial charge >= 0.3 is 5.97 Å². The summed E-state index contributed by atoms with van der Waals surface area (Å²) in [6, 6.07) is -0.314. The number of rotatable bonds is 8. The minimum Gasteiger partial charge on any atom is -0.462 e. The van der Waals surface area contributed by atoms with Gasteiger partial charge < -0.3 is 62.9 Å². The van der Waals surface area contributed by atoms with E-state index in [1.165, 1.54) is 6.92 Å². The number of fused-ring (bicyclic) bond motifs is 2. The molecule has 3 N–H and O–H groups in total. The fourth-order valence-electron chi connectivity index (χ4n) is 10.9. The van der Waals surface area contributed by atoms with Gasteiger partial charge in [0.05, 0.1) is 55.4 Å². The molecule has 15 heteroatoms. The second-order valence-electron chi connectivity index (χ2n) is 19.5. The highest BCUT2D eigenvalue weighted by Gasteiger charge is 2.60. The van der Waals surface area contributed by atoms with Crippen LogP contribution in [0, 0.1) is 23.7 Å². The molecule has 7 aliphatic rings. The largest absolute Gasteiger partial charge is 0.462 e. The summed E-state index contributed by atoms with van der Waals surface area (Å²) in [6.45, 7) is 17.5. The van der Waals surface area contributed by atoms with Crippen molar-refractivity contribution in [2.45, 2.75) is 192 Å². The molecule has 64 heavy (non-hydrogen) atoms. The first-order valence-corrected chi connectivity index (χ1v) is 23.3. The normalized spacial score (nSPS) is 47.4. The van der Waals surface area contributed by atoms with Crippen LogP contribution in [0.25, 0.3) is 0 Å². The lowest BCUT2D eigenvalue weighted by Crippen LogP contribution is -2.58. The van der Waals surface area contributed by atoms with Crippen LogP contribution in [0.2, 0.25) is 0 Å². The molecule has 0 unspecified atom stereocenters. The summed E-state index contributed by atoms with van der Waals surface area (Å²) >= 11 is 0. The highest BCUT2D eigenvalue weighted by Crippen LogP contribution is 2.47. The van der Waals surface area contributed by atoms with Crippen LogP contribution < -0.4 is 5.32 Å². The third-order valence-electron chi connectivity index (χ3n) is 14.4. The van der Waals surface area contributed by atoms with Gasteiger partial charge in [0, 0.05) is 58.7 Å². The summed E-state index contributed by atoms with van der Waals surface area (Å²) in [6.07, 6.45) is 8.46. The number of hydrogen-bond donors (Lipinski definition) is 3. The van der Waals surface area contributed by atoms with Crippen LogP contribution in [-0.4, -0.2) is 140 Å². The lowest BCUT2D eigenvalue weighted by Gasteiger charge is -2.48. The van der Waals surface area contributed by atoms with E-state index in [0.717, 1.165) is 5.57 Å². The molecule has 0 aromatic carbocycles. The van der Waals surface area contributed by atoms with Crippen LogP contribution in [0.4, 0.5) is 0 Å². The number of aliphatic hydroxyl groups excluding tert-OH is 1. The highest BCUT2D eigenvalue weighted by molar-refractivity contribution is 5.78. The number of hydrogen-bond acceptors (Lipinski definition) is 14. The first-order chi connectivity index (χ1) is 30.4. The molecule has 6 heterocycles. The molecule has 358 valence electrons. The number of aliphatic hydroxyl groups is 2. The topological polar surface area (TPSA) is 179 Å². The molecule has 0 radical (unpaired) electrons. The molecule has 19 atom stereocenters. The van der Waals surface area contributed by atoms with E-state index < -0.39 is 84.7 Å². The molecule has 1 spiro atoms. The van der Waals surface area contributed by atoms with E-state index in [1.54, 1.807) is 33.3 Å².